The van der Waals surface area contributed by atoms with Crippen molar-refractivity contribution in [2.24, 2.45) is 0 Å². The van der Waals surface area contributed by atoms with E-state index in [1.165, 1.54) is 11.3 Å². The van der Waals surface area contributed by atoms with Crippen LogP contribution in [0.3, 0.4) is 0 Å². The summed E-state index contributed by atoms with van der Waals surface area (Å²) in [6.07, 6.45) is 0. The third-order valence-electron chi connectivity index (χ3n) is 4.53. The number of benzene rings is 3. The van der Waals surface area contributed by atoms with Crippen molar-refractivity contribution in [2.45, 2.75) is 0 Å². The molecule has 0 atom stereocenters. The Morgan fingerprint density at radius 3 is 2.50 bits per heavy atom. The van der Waals surface area contributed by atoms with Gasteiger partial charge in [0.25, 0.3) is 5.91 Å². The lowest BCUT2D eigenvalue weighted by Crippen LogP contribution is -2.10. The first-order valence-electron chi connectivity index (χ1n) is 8.83. The van der Waals surface area contributed by atoms with Gasteiger partial charge in [0.05, 0.1) is 5.02 Å². The van der Waals surface area contributed by atoms with Gasteiger partial charge in [0, 0.05) is 31.4 Å². The third-order valence-corrected chi connectivity index (χ3v) is 6.68. The molecule has 2 heterocycles. The fourth-order valence-electron chi connectivity index (χ4n) is 3.09. The fourth-order valence-corrected chi connectivity index (χ4v) is 4.91. The predicted octanol–water partition coefficient (Wildman–Crippen LogP) is 7.92. The molecule has 5 rings (SSSR count). The minimum absolute atomic E-state index is 0.293. The summed E-state index contributed by atoms with van der Waals surface area (Å²) in [5.41, 5.74) is 2.66. The van der Waals surface area contributed by atoms with Crippen molar-refractivity contribution < 1.29 is 9.21 Å². The van der Waals surface area contributed by atoms with E-state index in [1.54, 1.807) is 42.5 Å². The van der Waals surface area contributed by atoms with E-state index in [2.05, 4.69) is 10.3 Å². The average molecular weight is 474 g/mol. The van der Waals surface area contributed by atoms with Crippen LogP contribution in [0, 0.1) is 0 Å². The minimum atomic E-state index is -0.293. The Morgan fingerprint density at radius 2 is 1.70 bits per heavy atom. The lowest BCUT2D eigenvalue weighted by atomic mass is 10.2. The van der Waals surface area contributed by atoms with E-state index in [0.29, 0.717) is 42.6 Å². The van der Waals surface area contributed by atoms with Gasteiger partial charge in [0.1, 0.15) is 10.4 Å². The third kappa shape index (κ3) is 3.55. The summed E-state index contributed by atoms with van der Waals surface area (Å²) in [6, 6.07) is 17.9. The van der Waals surface area contributed by atoms with Crippen molar-refractivity contribution in [3.05, 3.63) is 80.6 Å². The molecule has 148 valence electrons. The maximum Gasteiger partial charge on any atom is 0.267 e. The van der Waals surface area contributed by atoms with Crippen LogP contribution in [-0.2, 0) is 0 Å². The maximum absolute atomic E-state index is 12.8. The number of carbonyl (C=O) groups excluding carboxylic acids is 1. The normalized spacial score (nSPS) is 11.3. The summed E-state index contributed by atoms with van der Waals surface area (Å²) in [4.78, 5) is 17.8. The number of anilines is 1. The highest BCUT2D eigenvalue weighted by Crippen LogP contribution is 2.37. The number of aromatic nitrogens is 1. The Kier molecular flexibility index (Phi) is 4.91. The second-order valence-corrected chi connectivity index (χ2v) is 8.85. The average Bonchev–Trinajstić information content (AvgIpc) is 3.29. The molecule has 0 aliphatic carbocycles. The molecule has 30 heavy (non-hydrogen) atoms. The first-order chi connectivity index (χ1) is 14.5. The highest BCUT2D eigenvalue weighted by molar-refractivity contribution is 7.21. The molecule has 0 aliphatic rings. The summed E-state index contributed by atoms with van der Waals surface area (Å²) in [5.74, 6) is 0.188. The summed E-state index contributed by atoms with van der Waals surface area (Å²) in [6.45, 7) is 0. The number of fused-ring (bicyclic) bond motifs is 2. The fraction of sp³-hybridized carbons (Fsp3) is 0. The zero-order valence-electron chi connectivity index (χ0n) is 15.1. The number of amides is 1. The van der Waals surface area contributed by atoms with Gasteiger partial charge in [0.2, 0.25) is 5.89 Å². The van der Waals surface area contributed by atoms with Crippen LogP contribution in [0.4, 0.5) is 5.69 Å². The van der Waals surface area contributed by atoms with E-state index in [-0.39, 0.29) is 5.91 Å². The van der Waals surface area contributed by atoms with Gasteiger partial charge in [0.15, 0.2) is 5.58 Å². The monoisotopic (exact) mass is 472 g/mol. The van der Waals surface area contributed by atoms with E-state index in [1.807, 2.05) is 18.2 Å². The number of oxazole rings is 1. The van der Waals surface area contributed by atoms with Gasteiger partial charge in [-0.3, -0.25) is 4.79 Å². The molecule has 0 saturated heterocycles. The molecule has 8 heteroatoms. The largest absolute Gasteiger partial charge is 0.436 e. The number of hydrogen-bond donors (Lipinski definition) is 1. The number of halogens is 3. The molecule has 0 spiro atoms. The second-order valence-electron chi connectivity index (χ2n) is 6.55. The van der Waals surface area contributed by atoms with Crippen LogP contribution < -0.4 is 5.32 Å². The van der Waals surface area contributed by atoms with E-state index in [0.717, 1.165) is 15.6 Å². The molecule has 0 aliphatic heterocycles. The van der Waals surface area contributed by atoms with Gasteiger partial charge >= 0.3 is 0 Å². The lowest BCUT2D eigenvalue weighted by Gasteiger charge is -2.03. The van der Waals surface area contributed by atoms with Crippen LogP contribution in [-0.4, -0.2) is 10.9 Å². The molecule has 0 radical (unpaired) electrons. The topological polar surface area (TPSA) is 55.1 Å². The second kappa shape index (κ2) is 7.60. The van der Waals surface area contributed by atoms with Crippen LogP contribution in [0.25, 0.3) is 32.6 Å². The molecule has 2 aromatic heterocycles. The molecule has 0 unspecified atom stereocenters. The molecule has 1 N–H and O–H groups in total. The molecule has 3 aromatic carbocycles. The van der Waals surface area contributed by atoms with Gasteiger partial charge in [-0.05, 0) is 54.6 Å². The Morgan fingerprint density at radius 1 is 0.933 bits per heavy atom. The summed E-state index contributed by atoms with van der Waals surface area (Å²) in [7, 11) is 0. The van der Waals surface area contributed by atoms with Gasteiger partial charge in [-0.1, -0.05) is 40.9 Å². The van der Waals surface area contributed by atoms with Crippen LogP contribution >= 0.6 is 46.1 Å². The molecule has 4 nitrogen and oxygen atoms in total. The minimum Gasteiger partial charge on any atom is -0.436 e. The van der Waals surface area contributed by atoms with E-state index in [9.17, 15) is 4.79 Å². The van der Waals surface area contributed by atoms with Gasteiger partial charge in [-0.2, -0.15) is 0 Å². The molecule has 0 bridgehead atoms. The standard InChI is InChI=1S/C22H11Cl3N2O2S/c23-12-3-1-11(2-4-12)22-27-16-10-14(6-8-17(16)29-22)26-21(28)20-19(25)15-7-5-13(24)9-18(15)30-20/h1-10H,(H,26,28). The van der Waals surface area contributed by atoms with Gasteiger partial charge in [-0.15, -0.1) is 11.3 Å². The molecule has 1 amide bonds. The Bertz CT molecular complexity index is 1420. The summed E-state index contributed by atoms with van der Waals surface area (Å²) < 4.78 is 6.67. The molecular weight excluding hydrogens is 463 g/mol. The summed E-state index contributed by atoms with van der Waals surface area (Å²) >= 11 is 19.7. The summed E-state index contributed by atoms with van der Waals surface area (Å²) in [5, 5.41) is 5.33. The number of thiophene rings is 1. The van der Waals surface area contributed by atoms with Crippen molar-refractivity contribution in [1.82, 2.24) is 4.98 Å². The Labute approximate surface area is 190 Å². The Balaban J connectivity index is 1.44. The lowest BCUT2D eigenvalue weighted by molar-refractivity contribution is 0.103. The Hall–Kier alpha value is -2.57. The van der Waals surface area contributed by atoms with Crippen molar-refractivity contribution in [3.63, 3.8) is 0 Å². The van der Waals surface area contributed by atoms with Crippen molar-refractivity contribution >= 4 is 78.9 Å². The van der Waals surface area contributed by atoms with E-state index < -0.39 is 0 Å². The number of nitrogens with zero attached hydrogens (tertiary/aromatic N) is 1. The zero-order valence-corrected chi connectivity index (χ0v) is 18.2. The van der Waals surface area contributed by atoms with Crippen LogP contribution in [0.1, 0.15) is 9.67 Å². The molecule has 0 saturated carbocycles. The maximum atomic E-state index is 12.8. The van der Waals surface area contributed by atoms with E-state index >= 15 is 0 Å². The van der Waals surface area contributed by atoms with Crippen LogP contribution in [0.5, 0.6) is 0 Å². The number of nitrogens with one attached hydrogen (secondary N) is 1. The number of rotatable bonds is 3. The van der Waals surface area contributed by atoms with Crippen molar-refractivity contribution in [3.8, 4) is 11.5 Å². The smallest absolute Gasteiger partial charge is 0.267 e. The molecule has 5 aromatic rings. The first-order valence-corrected chi connectivity index (χ1v) is 10.8. The van der Waals surface area contributed by atoms with Crippen molar-refractivity contribution in [2.75, 3.05) is 5.32 Å². The van der Waals surface area contributed by atoms with Crippen LogP contribution in [0.15, 0.2) is 65.1 Å². The highest BCUT2D eigenvalue weighted by Gasteiger charge is 2.18. The zero-order chi connectivity index (χ0) is 20.8. The molecule has 0 fully saturated rings. The highest BCUT2D eigenvalue weighted by atomic mass is 35.5. The van der Waals surface area contributed by atoms with Gasteiger partial charge in [-0.25, -0.2) is 4.98 Å². The molecular formula is C22H11Cl3N2O2S. The van der Waals surface area contributed by atoms with Crippen LogP contribution in [0.2, 0.25) is 15.1 Å². The number of hydrogen-bond acceptors (Lipinski definition) is 4. The number of carbonyl (C=O) groups is 1. The quantitative estimate of drug-likeness (QED) is 0.289. The van der Waals surface area contributed by atoms with Crippen molar-refractivity contribution in [1.29, 1.82) is 0 Å². The predicted molar refractivity (Wildman–Crippen MR) is 124 cm³/mol. The van der Waals surface area contributed by atoms with Gasteiger partial charge < -0.3 is 9.73 Å². The first kappa shape index (κ1) is 19.4. The SMILES string of the molecule is O=C(Nc1ccc2oc(-c3ccc(Cl)cc3)nc2c1)c1sc2cc(Cl)ccc2c1Cl. The van der Waals surface area contributed by atoms with E-state index in [4.69, 9.17) is 39.2 Å².